The number of amidine groups is 1. The molecule has 13 heavy (non-hydrogen) atoms. The molecule has 0 fully saturated rings. The van der Waals surface area contributed by atoms with Crippen LogP contribution in [-0.4, -0.2) is 38.8 Å². The second-order valence-electron chi connectivity index (χ2n) is 2.65. The highest BCUT2D eigenvalue weighted by molar-refractivity contribution is 5.84. The van der Waals surface area contributed by atoms with E-state index in [4.69, 9.17) is 15.2 Å². The third kappa shape index (κ3) is 5.60. The van der Waals surface area contributed by atoms with Crippen molar-refractivity contribution in [2.75, 3.05) is 26.9 Å². The van der Waals surface area contributed by atoms with Crippen molar-refractivity contribution in [1.29, 1.82) is 0 Å². The first-order chi connectivity index (χ1) is 6.26. The van der Waals surface area contributed by atoms with Crippen molar-refractivity contribution in [3.05, 3.63) is 0 Å². The summed E-state index contributed by atoms with van der Waals surface area (Å²) in [5.74, 6) is 0.571. The Labute approximate surface area is 80.1 Å². The van der Waals surface area contributed by atoms with Gasteiger partial charge < -0.3 is 15.2 Å². The quantitative estimate of drug-likeness (QED) is 0.365. The van der Waals surface area contributed by atoms with Crippen molar-refractivity contribution in [3.63, 3.8) is 0 Å². The predicted octanol–water partition coefficient (Wildman–Crippen LogP) is 0.805. The standard InChI is InChI=1S/C9H20N2O2/c1-4-8(13-5-2)9(10)11-6-7-12-3/h8H,4-7H2,1-3H3,(H2,10,11). The fourth-order valence-corrected chi connectivity index (χ4v) is 0.981. The van der Waals surface area contributed by atoms with Gasteiger partial charge in [-0.15, -0.1) is 0 Å². The molecule has 0 saturated carbocycles. The summed E-state index contributed by atoms with van der Waals surface area (Å²) in [5, 5.41) is 0. The number of nitrogens with zero attached hydrogens (tertiary/aromatic N) is 1. The zero-order chi connectivity index (χ0) is 10.1. The van der Waals surface area contributed by atoms with E-state index in [1.807, 2.05) is 13.8 Å². The van der Waals surface area contributed by atoms with Gasteiger partial charge in [0.15, 0.2) is 0 Å². The summed E-state index contributed by atoms with van der Waals surface area (Å²) in [7, 11) is 1.64. The zero-order valence-corrected chi connectivity index (χ0v) is 8.75. The molecule has 0 aliphatic rings. The van der Waals surface area contributed by atoms with Gasteiger partial charge >= 0.3 is 0 Å². The predicted molar refractivity (Wildman–Crippen MR) is 54.1 cm³/mol. The average Bonchev–Trinajstić information content (AvgIpc) is 2.14. The van der Waals surface area contributed by atoms with Gasteiger partial charge in [0.25, 0.3) is 0 Å². The summed E-state index contributed by atoms with van der Waals surface area (Å²) in [6, 6.07) is 0. The number of methoxy groups -OCH3 is 1. The van der Waals surface area contributed by atoms with Gasteiger partial charge in [0.1, 0.15) is 11.9 Å². The Morgan fingerprint density at radius 1 is 1.46 bits per heavy atom. The number of aliphatic imine (C=N–C) groups is 1. The molecule has 0 aromatic carbocycles. The Balaban J connectivity index is 3.87. The van der Waals surface area contributed by atoms with E-state index in [0.29, 0.717) is 25.6 Å². The minimum absolute atomic E-state index is 0.0399. The third-order valence-corrected chi connectivity index (χ3v) is 1.66. The number of rotatable bonds is 7. The van der Waals surface area contributed by atoms with Gasteiger partial charge in [0.05, 0.1) is 13.2 Å². The number of hydrogen-bond acceptors (Lipinski definition) is 3. The summed E-state index contributed by atoms with van der Waals surface area (Å²) in [4.78, 5) is 4.15. The van der Waals surface area contributed by atoms with Crippen LogP contribution in [0.1, 0.15) is 20.3 Å². The van der Waals surface area contributed by atoms with Crippen molar-refractivity contribution in [2.24, 2.45) is 10.7 Å². The Morgan fingerprint density at radius 2 is 2.15 bits per heavy atom. The molecule has 1 atom stereocenters. The fourth-order valence-electron chi connectivity index (χ4n) is 0.981. The molecule has 0 heterocycles. The molecule has 0 aromatic heterocycles. The first-order valence-electron chi connectivity index (χ1n) is 4.66. The third-order valence-electron chi connectivity index (χ3n) is 1.66. The SMILES string of the molecule is CCOC(CC)C(N)=NCCOC. The fraction of sp³-hybridized carbons (Fsp3) is 0.889. The monoisotopic (exact) mass is 188 g/mol. The van der Waals surface area contributed by atoms with Gasteiger partial charge in [0, 0.05) is 13.7 Å². The maximum absolute atomic E-state index is 5.72. The average molecular weight is 188 g/mol. The van der Waals surface area contributed by atoms with Crippen LogP contribution in [0.15, 0.2) is 4.99 Å². The van der Waals surface area contributed by atoms with Crippen LogP contribution in [0, 0.1) is 0 Å². The maximum atomic E-state index is 5.72. The molecule has 0 saturated heterocycles. The summed E-state index contributed by atoms with van der Waals surface area (Å²) < 4.78 is 10.2. The number of hydrogen-bond donors (Lipinski definition) is 1. The van der Waals surface area contributed by atoms with Crippen molar-refractivity contribution in [3.8, 4) is 0 Å². The van der Waals surface area contributed by atoms with Crippen LogP contribution < -0.4 is 5.73 Å². The van der Waals surface area contributed by atoms with E-state index in [1.165, 1.54) is 0 Å². The molecule has 4 nitrogen and oxygen atoms in total. The molecule has 1 unspecified atom stereocenters. The van der Waals surface area contributed by atoms with Gasteiger partial charge in [0.2, 0.25) is 0 Å². The number of ether oxygens (including phenoxy) is 2. The zero-order valence-electron chi connectivity index (χ0n) is 8.75. The van der Waals surface area contributed by atoms with Crippen LogP contribution in [0.2, 0.25) is 0 Å². The minimum atomic E-state index is -0.0399. The molecule has 0 radical (unpaired) electrons. The largest absolute Gasteiger partial charge is 0.385 e. The Morgan fingerprint density at radius 3 is 2.62 bits per heavy atom. The Hall–Kier alpha value is -0.610. The lowest BCUT2D eigenvalue weighted by molar-refractivity contribution is 0.106. The van der Waals surface area contributed by atoms with E-state index in [-0.39, 0.29) is 6.10 Å². The van der Waals surface area contributed by atoms with Crippen LogP contribution in [-0.2, 0) is 9.47 Å². The Kier molecular flexibility index (Phi) is 7.63. The van der Waals surface area contributed by atoms with Crippen molar-refractivity contribution >= 4 is 5.84 Å². The van der Waals surface area contributed by atoms with Gasteiger partial charge in [-0.1, -0.05) is 6.92 Å². The van der Waals surface area contributed by atoms with Crippen LogP contribution in [0.25, 0.3) is 0 Å². The summed E-state index contributed by atoms with van der Waals surface area (Å²) in [5.41, 5.74) is 5.72. The molecule has 0 spiro atoms. The van der Waals surface area contributed by atoms with E-state index in [0.717, 1.165) is 6.42 Å². The number of nitrogens with two attached hydrogens (primary N) is 1. The second kappa shape index (κ2) is 8.01. The van der Waals surface area contributed by atoms with Crippen LogP contribution in [0.5, 0.6) is 0 Å². The highest BCUT2D eigenvalue weighted by atomic mass is 16.5. The highest BCUT2D eigenvalue weighted by Gasteiger charge is 2.09. The Bertz CT molecular complexity index is 149. The topological polar surface area (TPSA) is 56.8 Å². The molecule has 78 valence electrons. The molecule has 4 heteroatoms. The molecule has 0 amide bonds. The summed E-state index contributed by atoms with van der Waals surface area (Å²) >= 11 is 0. The molecule has 0 aliphatic heterocycles. The second-order valence-corrected chi connectivity index (χ2v) is 2.65. The molecule has 0 bridgehead atoms. The van der Waals surface area contributed by atoms with Gasteiger partial charge in [-0.25, -0.2) is 0 Å². The van der Waals surface area contributed by atoms with Gasteiger partial charge in [-0.05, 0) is 13.3 Å². The lowest BCUT2D eigenvalue weighted by atomic mass is 10.2. The van der Waals surface area contributed by atoms with Gasteiger partial charge in [-0.3, -0.25) is 4.99 Å². The molecule has 2 N–H and O–H groups in total. The molecule has 0 aliphatic carbocycles. The van der Waals surface area contributed by atoms with E-state index < -0.39 is 0 Å². The maximum Gasteiger partial charge on any atom is 0.123 e. The molecule has 0 rings (SSSR count). The highest BCUT2D eigenvalue weighted by Crippen LogP contribution is 1.97. The first kappa shape index (κ1) is 12.4. The smallest absolute Gasteiger partial charge is 0.123 e. The molecule has 0 aromatic rings. The van der Waals surface area contributed by atoms with Crippen molar-refractivity contribution < 1.29 is 9.47 Å². The summed E-state index contributed by atoms with van der Waals surface area (Å²) in [6.45, 7) is 5.85. The van der Waals surface area contributed by atoms with E-state index in [1.54, 1.807) is 7.11 Å². The van der Waals surface area contributed by atoms with Crippen molar-refractivity contribution in [2.45, 2.75) is 26.4 Å². The van der Waals surface area contributed by atoms with Crippen LogP contribution in [0.3, 0.4) is 0 Å². The molecular formula is C9H20N2O2. The van der Waals surface area contributed by atoms with Crippen LogP contribution >= 0.6 is 0 Å². The lowest BCUT2D eigenvalue weighted by Gasteiger charge is -2.13. The van der Waals surface area contributed by atoms with Crippen LogP contribution in [0.4, 0.5) is 0 Å². The molecular weight excluding hydrogens is 168 g/mol. The lowest BCUT2D eigenvalue weighted by Crippen LogP contribution is -2.31. The van der Waals surface area contributed by atoms with E-state index in [9.17, 15) is 0 Å². The van der Waals surface area contributed by atoms with E-state index >= 15 is 0 Å². The minimum Gasteiger partial charge on any atom is -0.385 e. The first-order valence-corrected chi connectivity index (χ1v) is 4.66. The van der Waals surface area contributed by atoms with E-state index in [2.05, 4.69) is 4.99 Å². The van der Waals surface area contributed by atoms with Gasteiger partial charge in [-0.2, -0.15) is 0 Å². The normalized spacial score (nSPS) is 14.5. The summed E-state index contributed by atoms with van der Waals surface area (Å²) in [6.07, 6.45) is 0.817. The van der Waals surface area contributed by atoms with Crippen molar-refractivity contribution in [1.82, 2.24) is 0 Å².